The zero-order chi connectivity index (χ0) is 21.9. The molecule has 2 aromatic carbocycles. The number of nitrogens with two attached hydrogens (primary N) is 1. The van der Waals surface area contributed by atoms with Gasteiger partial charge in [0.05, 0.1) is 20.8 Å². The van der Waals surface area contributed by atoms with E-state index < -0.39 is 10.4 Å². The molecule has 1 heterocycles. The van der Waals surface area contributed by atoms with Gasteiger partial charge in [-0.3, -0.25) is 4.55 Å². The summed E-state index contributed by atoms with van der Waals surface area (Å²) in [5, 5.41) is 1.18. The van der Waals surface area contributed by atoms with Gasteiger partial charge in [-0.15, -0.1) is 11.3 Å². The van der Waals surface area contributed by atoms with E-state index in [0.717, 1.165) is 33.6 Å². The predicted molar refractivity (Wildman–Crippen MR) is 119 cm³/mol. The Morgan fingerprint density at radius 2 is 1.77 bits per heavy atom. The minimum atomic E-state index is -4.92. The van der Waals surface area contributed by atoms with Crippen LogP contribution in [0.1, 0.15) is 11.1 Å². The van der Waals surface area contributed by atoms with Gasteiger partial charge >= 0.3 is 0 Å². The van der Waals surface area contributed by atoms with Crippen LogP contribution in [0.4, 0.5) is 5.69 Å². The van der Waals surface area contributed by atoms with Crippen molar-refractivity contribution in [1.82, 2.24) is 9.56 Å². The SMILES string of the molecule is C[N+](C)=c1ccc2nc3cc(Cc4ccccc4)c(N)cc3sc-2c1.O=S(=O)([O-])O. The average molecular weight is 444 g/mol. The molecule has 0 aromatic heterocycles. The van der Waals surface area contributed by atoms with E-state index in [1.165, 1.54) is 15.8 Å². The molecule has 0 fully saturated rings. The Hall–Kier alpha value is -2.85. The quantitative estimate of drug-likeness (QED) is 0.162. The molecule has 156 valence electrons. The van der Waals surface area contributed by atoms with Crippen LogP contribution in [0.5, 0.6) is 0 Å². The maximum absolute atomic E-state index is 8.63. The van der Waals surface area contributed by atoms with Gasteiger partial charge in [0.15, 0.2) is 0 Å². The van der Waals surface area contributed by atoms with Gasteiger partial charge in [0.2, 0.25) is 15.8 Å². The molecule has 30 heavy (non-hydrogen) atoms. The van der Waals surface area contributed by atoms with Crippen molar-refractivity contribution in [2.75, 3.05) is 19.8 Å². The zero-order valence-electron chi connectivity index (χ0n) is 16.4. The molecule has 0 bridgehead atoms. The third-order valence-corrected chi connectivity index (χ3v) is 5.47. The first-order valence-corrected chi connectivity index (χ1v) is 11.1. The molecule has 0 saturated carbocycles. The van der Waals surface area contributed by atoms with E-state index in [1.807, 2.05) is 20.2 Å². The molecule has 0 amide bonds. The van der Waals surface area contributed by atoms with Gasteiger partial charge in [0.1, 0.15) is 14.1 Å². The Kier molecular flexibility index (Phi) is 6.47. The molecule has 0 unspecified atom stereocenters. The minimum absolute atomic E-state index is 0.826. The molecule has 1 aliphatic heterocycles. The molecule has 2 aliphatic rings. The predicted octanol–water partition coefficient (Wildman–Crippen LogP) is 2.61. The first kappa shape index (κ1) is 21.8. The molecule has 7 nitrogen and oxygen atoms in total. The van der Waals surface area contributed by atoms with Crippen LogP contribution in [-0.2, 0) is 16.8 Å². The minimum Gasteiger partial charge on any atom is -0.726 e. The van der Waals surface area contributed by atoms with Crippen LogP contribution in [0.25, 0.3) is 20.8 Å². The van der Waals surface area contributed by atoms with E-state index >= 15 is 0 Å². The van der Waals surface area contributed by atoms with Crippen molar-refractivity contribution < 1.29 is 17.5 Å². The van der Waals surface area contributed by atoms with E-state index in [4.69, 9.17) is 28.2 Å². The lowest BCUT2D eigenvalue weighted by molar-refractivity contribution is 0.366. The monoisotopic (exact) mass is 443 g/mol. The highest BCUT2D eigenvalue weighted by molar-refractivity contribution is 7.79. The second kappa shape index (κ2) is 8.88. The van der Waals surface area contributed by atoms with Gasteiger partial charge in [-0.25, -0.2) is 18.0 Å². The van der Waals surface area contributed by atoms with Gasteiger partial charge in [-0.1, -0.05) is 30.3 Å². The smallest absolute Gasteiger partial charge is 0.215 e. The summed E-state index contributed by atoms with van der Waals surface area (Å²) >= 11 is 1.74. The fourth-order valence-corrected chi connectivity index (χ4v) is 4.00. The van der Waals surface area contributed by atoms with Crippen LogP contribution in [0, 0.1) is 0 Å². The molecule has 0 spiro atoms. The standard InChI is InChI=1S/C21H19N3S.H2O4S/c1-24(2)16-8-9-18-20(12-16)25-21-13-17(22)15(11-19(21)23-18)10-14-6-4-3-5-7-14;1-5(2,3)4/h3-9,11-13,22H,10H2,1-2H3;(H2,1,2,3,4). The number of benzene rings is 3. The molecule has 4 rings (SSSR count). The van der Waals surface area contributed by atoms with E-state index in [2.05, 4.69) is 59.2 Å². The summed E-state index contributed by atoms with van der Waals surface area (Å²) < 4.78 is 36.1. The first-order valence-electron chi connectivity index (χ1n) is 8.96. The van der Waals surface area contributed by atoms with Gasteiger partial charge in [-0.2, -0.15) is 0 Å². The molecule has 0 saturated heterocycles. The lowest BCUT2D eigenvalue weighted by Crippen LogP contribution is -2.21. The van der Waals surface area contributed by atoms with E-state index in [1.54, 1.807) is 11.3 Å². The number of hydrogen-bond acceptors (Lipinski definition) is 6. The fraction of sp³-hybridized carbons (Fsp3) is 0.143. The third kappa shape index (κ3) is 5.83. The number of rotatable bonds is 2. The van der Waals surface area contributed by atoms with Crippen molar-refractivity contribution >= 4 is 37.6 Å². The molecule has 3 N–H and O–H groups in total. The van der Waals surface area contributed by atoms with Crippen molar-refractivity contribution in [2.45, 2.75) is 6.42 Å². The maximum Gasteiger partial charge on any atom is 0.215 e. The molecule has 2 aromatic rings. The van der Waals surface area contributed by atoms with Gasteiger partial charge in [0, 0.05) is 17.8 Å². The van der Waals surface area contributed by atoms with Crippen LogP contribution in [0.2, 0.25) is 0 Å². The van der Waals surface area contributed by atoms with E-state index in [-0.39, 0.29) is 0 Å². The van der Waals surface area contributed by atoms with Crippen LogP contribution in [0.3, 0.4) is 0 Å². The number of anilines is 1. The van der Waals surface area contributed by atoms with Gasteiger partial charge in [-0.05, 0) is 35.7 Å². The Balaban J connectivity index is 0.000000461. The maximum atomic E-state index is 8.63. The molecule has 0 radical (unpaired) electrons. The van der Waals surface area contributed by atoms with E-state index in [9.17, 15) is 0 Å². The van der Waals surface area contributed by atoms with Gasteiger partial charge in [0.25, 0.3) is 0 Å². The summed E-state index contributed by atoms with van der Waals surface area (Å²) in [6, 6.07) is 21.0. The average Bonchev–Trinajstić information content (AvgIpc) is 2.66. The van der Waals surface area contributed by atoms with Crippen molar-refractivity contribution in [1.29, 1.82) is 0 Å². The second-order valence-electron chi connectivity index (χ2n) is 6.87. The molecular formula is C21H21N3O4S2. The Morgan fingerprint density at radius 3 is 2.40 bits per heavy atom. The molecular weight excluding hydrogens is 422 g/mol. The second-order valence-corrected chi connectivity index (χ2v) is 8.81. The van der Waals surface area contributed by atoms with Crippen LogP contribution in [0.15, 0.2) is 60.7 Å². The van der Waals surface area contributed by atoms with Crippen molar-refractivity contribution in [3.63, 3.8) is 0 Å². The summed E-state index contributed by atoms with van der Waals surface area (Å²) in [7, 11) is -0.817. The number of aromatic nitrogens is 1. The highest BCUT2D eigenvalue weighted by Gasteiger charge is 2.11. The molecule has 1 aliphatic carbocycles. The van der Waals surface area contributed by atoms with Crippen LogP contribution in [-0.4, -0.2) is 36.6 Å². The lowest BCUT2D eigenvalue weighted by atomic mass is 10.0. The van der Waals surface area contributed by atoms with Crippen molar-refractivity contribution in [2.24, 2.45) is 0 Å². The Labute approximate surface area is 178 Å². The number of hydrogen-bond donors (Lipinski definition) is 2. The summed E-state index contributed by atoms with van der Waals surface area (Å²) in [4.78, 5) is 6.03. The first-order chi connectivity index (χ1) is 14.1. The summed E-state index contributed by atoms with van der Waals surface area (Å²) in [6.45, 7) is 0. The molecule has 9 heteroatoms. The third-order valence-electron chi connectivity index (χ3n) is 4.38. The van der Waals surface area contributed by atoms with Crippen LogP contribution < -0.4 is 15.7 Å². The fourth-order valence-electron chi connectivity index (χ4n) is 2.97. The highest BCUT2D eigenvalue weighted by atomic mass is 32.3. The normalized spacial score (nSPS) is 11.2. The molecule has 0 atom stereocenters. The Bertz CT molecular complexity index is 1320. The topological polar surface area (TPSA) is 119 Å². The lowest BCUT2D eigenvalue weighted by Gasteiger charge is -2.10. The Morgan fingerprint density at radius 1 is 1.10 bits per heavy atom. The van der Waals surface area contributed by atoms with Gasteiger partial charge < -0.3 is 10.3 Å². The van der Waals surface area contributed by atoms with E-state index in [0.29, 0.717) is 0 Å². The van der Waals surface area contributed by atoms with Crippen molar-refractivity contribution in [3.05, 3.63) is 77.1 Å². The number of nitrogens with zero attached hydrogens (tertiary/aromatic N) is 2. The van der Waals surface area contributed by atoms with Crippen LogP contribution >= 0.6 is 11.3 Å². The number of fused-ring (bicyclic) bond motifs is 2. The van der Waals surface area contributed by atoms with Crippen molar-refractivity contribution in [3.8, 4) is 10.6 Å². The number of nitrogen functional groups attached to an aromatic ring is 1. The summed E-state index contributed by atoms with van der Waals surface area (Å²) in [5.41, 5.74) is 11.6. The summed E-state index contributed by atoms with van der Waals surface area (Å²) in [5.74, 6) is 0. The highest BCUT2D eigenvalue weighted by Crippen LogP contribution is 2.32. The zero-order valence-corrected chi connectivity index (χ0v) is 18.1. The summed E-state index contributed by atoms with van der Waals surface area (Å²) in [6.07, 6.45) is 0.826. The largest absolute Gasteiger partial charge is 0.726 e.